The van der Waals surface area contributed by atoms with Crippen molar-refractivity contribution in [2.45, 2.75) is 0 Å². The molecule has 23 heavy (non-hydrogen) atoms. The number of rotatable bonds is 5. The summed E-state index contributed by atoms with van der Waals surface area (Å²) in [5.74, 6) is 0.544. The summed E-state index contributed by atoms with van der Waals surface area (Å²) in [4.78, 5) is 0. The predicted octanol–water partition coefficient (Wildman–Crippen LogP) is 3.44. The van der Waals surface area contributed by atoms with Crippen LogP contribution < -0.4 is 14.9 Å². The van der Waals surface area contributed by atoms with Crippen molar-refractivity contribution in [2.75, 3.05) is 12.5 Å². The van der Waals surface area contributed by atoms with Gasteiger partial charge in [-0.3, -0.25) is 5.43 Å². The molecule has 7 heteroatoms. The van der Waals surface area contributed by atoms with Crippen LogP contribution in [0.25, 0.3) is 0 Å². The molecule has 0 fully saturated rings. The minimum absolute atomic E-state index is 0.0329. The molecule has 114 valence electrons. The molecule has 0 saturated heterocycles. The first-order valence-electron chi connectivity index (χ1n) is 6.41. The van der Waals surface area contributed by atoms with Gasteiger partial charge in [-0.1, -0.05) is 0 Å². The fourth-order valence-electron chi connectivity index (χ4n) is 1.62. The summed E-state index contributed by atoms with van der Waals surface area (Å²) in [6, 6.07) is 13.9. The van der Waals surface area contributed by atoms with Crippen LogP contribution >= 0.6 is 0 Å². The van der Waals surface area contributed by atoms with Crippen molar-refractivity contribution in [3.63, 3.8) is 0 Å². The average Bonchev–Trinajstić information content (AvgIpc) is 2.58. The summed E-state index contributed by atoms with van der Waals surface area (Å²) in [6.07, 6.45) is 0. The highest BCUT2D eigenvalue weighted by Crippen LogP contribution is 2.27. The van der Waals surface area contributed by atoms with Gasteiger partial charge in [-0.25, -0.2) is 4.39 Å². The number of benzene rings is 2. The van der Waals surface area contributed by atoms with Gasteiger partial charge in [0, 0.05) is 6.07 Å². The van der Waals surface area contributed by atoms with Crippen molar-refractivity contribution in [3.8, 4) is 29.4 Å². The van der Waals surface area contributed by atoms with Crippen molar-refractivity contribution in [1.82, 2.24) is 0 Å². The van der Waals surface area contributed by atoms with Gasteiger partial charge in [-0.05, 0) is 36.4 Å². The maximum atomic E-state index is 14.0. The number of hydrogen-bond donors (Lipinski definition) is 1. The number of nitrogens with zero attached hydrogens (tertiary/aromatic N) is 3. The number of anilines is 1. The van der Waals surface area contributed by atoms with Crippen molar-refractivity contribution >= 4 is 11.4 Å². The molecule has 0 heterocycles. The number of ether oxygens (including phenoxy) is 2. The largest absolute Gasteiger partial charge is 0.497 e. The molecule has 2 rings (SSSR count). The molecule has 0 aliphatic rings. The Hall–Kier alpha value is -3.58. The van der Waals surface area contributed by atoms with E-state index in [1.807, 2.05) is 0 Å². The number of nitriles is 2. The maximum absolute atomic E-state index is 14.0. The second kappa shape index (κ2) is 7.43. The third kappa shape index (κ3) is 4.19. The van der Waals surface area contributed by atoms with Crippen LogP contribution in [0.3, 0.4) is 0 Å². The van der Waals surface area contributed by atoms with Crippen LogP contribution in [0, 0.1) is 28.5 Å². The van der Waals surface area contributed by atoms with E-state index >= 15 is 0 Å². The summed E-state index contributed by atoms with van der Waals surface area (Å²) >= 11 is 0. The fourth-order valence-corrected chi connectivity index (χ4v) is 1.62. The van der Waals surface area contributed by atoms with Gasteiger partial charge in [0.1, 0.15) is 23.6 Å². The lowest BCUT2D eigenvalue weighted by atomic mass is 10.3. The van der Waals surface area contributed by atoms with Gasteiger partial charge < -0.3 is 9.47 Å². The first-order chi connectivity index (χ1) is 11.2. The van der Waals surface area contributed by atoms with E-state index in [0.29, 0.717) is 11.5 Å². The molecule has 0 atom stereocenters. The van der Waals surface area contributed by atoms with E-state index in [4.69, 9.17) is 20.0 Å². The molecule has 0 amide bonds. The number of hydrogen-bond acceptors (Lipinski definition) is 6. The molecule has 0 aliphatic heterocycles. The summed E-state index contributed by atoms with van der Waals surface area (Å²) < 4.78 is 24.5. The lowest BCUT2D eigenvalue weighted by molar-refractivity contribution is 0.411. The van der Waals surface area contributed by atoms with Crippen LogP contribution in [0.2, 0.25) is 0 Å². The van der Waals surface area contributed by atoms with Gasteiger partial charge in [0.05, 0.1) is 12.8 Å². The monoisotopic (exact) mass is 310 g/mol. The highest BCUT2D eigenvalue weighted by atomic mass is 19.1. The van der Waals surface area contributed by atoms with Crippen molar-refractivity contribution in [1.29, 1.82) is 10.5 Å². The van der Waals surface area contributed by atoms with E-state index in [2.05, 4.69) is 10.5 Å². The molecule has 6 nitrogen and oxygen atoms in total. The van der Waals surface area contributed by atoms with Crippen molar-refractivity contribution < 1.29 is 13.9 Å². The summed E-state index contributed by atoms with van der Waals surface area (Å²) in [6.45, 7) is 0. The first-order valence-corrected chi connectivity index (χ1v) is 6.41. The van der Waals surface area contributed by atoms with Crippen LogP contribution in [-0.2, 0) is 0 Å². The Labute approximate surface area is 132 Å². The summed E-state index contributed by atoms with van der Waals surface area (Å²) in [7, 11) is 1.55. The van der Waals surface area contributed by atoms with Crippen LogP contribution in [-0.4, -0.2) is 12.8 Å². The molecular formula is C16H11FN4O2. The number of methoxy groups -OCH3 is 1. The zero-order chi connectivity index (χ0) is 16.7. The number of halogens is 1. The SMILES string of the molecule is COc1ccc(Oc2ccc(NN=C(C#N)C#N)cc2F)cc1. The molecule has 0 saturated carbocycles. The number of nitrogens with one attached hydrogen (secondary N) is 1. The zero-order valence-electron chi connectivity index (χ0n) is 12.1. The van der Waals surface area contributed by atoms with Crippen molar-refractivity contribution in [3.05, 3.63) is 48.3 Å². The first kappa shape index (κ1) is 15.8. The Morgan fingerprint density at radius 2 is 1.74 bits per heavy atom. The van der Waals surface area contributed by atoms with Gasteiger partial charge in [0.15, 0.2) is 11.6 Å². The highest BCUT2D eigenvalue weighted by molar-refractivity contribution is 6.10. The molecule has 0 radical (unpaired) electrons. The topological polar surface area (TPSA) is 90.4 Å². The lowest BCUT2D eigenvalue weighted by Gasteiger charge is -2.08. The molecule has 0 aliphatic carbocycles. The van der Waals surface area contributed by atoms with Crippen LogP contribution in [0.1, 0.15) is 0 Å². The van der Waals surface area contributed by atoms with Crippen LogP contribution in [0.15, 0.2) is 47.6 Å². The number of hydrazone groups is 1. The highest BCUT2D eigenvalue weighted by Gasteiger charge is 2.06. The quantitative estimate of drug-likeness (QED) is 0.674. The van der Waals surface area contributed by atoms with Crippen molar-refractivity contribution in [2.24, 2.45) is 5.10 Å². The average molecular weight is 310 g/mol. The summed E-state index contributed by atoms with van der Waals surface area (Å²) in [5.41, 5.74) is 2.35. The van der Waals surface area contributed by atoms with E-state index in [1.165, 1.54) is 12.1 Å². The molecule has 2 aromatic carbocycles. The van der Waals surface area contributed by atoms with E-state index < -0.39 is 5.82 Å². The normalized spacial score (nSPS) is 9.22. The second-order valence-corrected chi connectivity index (χ2v) is 4.22. The minimum Gasteiger partial charge on any atom is -0.497 e. The Bertz CT molecular complexity index is 788. The third-order valence-corrected chi connectivity index (χ3v) is 2.73. The van der Waals surface area contributed by atoms with E-state index in [1.54, 1.807) is 43.5 Å². The Balaban J connectivity index is 2.11. The van der Waals surface area contributed by atoms with Crippen LogP contribution in [0.5, 0.6) is 17.2 Å². The predicted molar refractivity (Wildman–Crippen MR) is 81.8 cm³/mol. The van der Waals surface area contributed by atoms with E-state index in [9.17, 15) is 4.39 Å². The maximum Gasteiger partial charge on any atom is 0.237 e. The Morgan fingerprint density at radius 3 is 2.30 bits per heavy atom. The molecule has 2 aromatic rings. The third-order valence-electron chi connectivity index (χ3n) is 2.73. The molecule has 0 aromatic heterocycles. The van der Waals surface area contributed by atoms with Gasteiger partial charge in [0.2, 0.25) is 5.71 Å². The van der Waals surface area contributed by atoms with Gasteiger partial charge in [-0.15, -0.1) is 0 Å². The minimum atomic E-state index is -0.614. The van der Waals surface area contributed by atoms with Gasteiger partial charge >= 0.3 is 0 Å². The Morgan fingerprint density at radius 1 is 1.09 bits per heavy atom. The Kier molecular flexibility index (Phi) is 5.11. The summed E-state index contributed by atoms with van der Waals surface area (Å²) in [5, 5.41) is 20.6. The molecule has 1 N–H and O–H groups in total. The van der Waals surface area contributed by atoms with Gasteiger partial charge in [-0.2, -0.15) is 15.6 Å². The molecule has 0 bridgehead atoms. The molecular weight excluding hydrogens is 299 g/mol. The lowest BCUT2D eigenvalue weighted by Crippen LogP contribution is -1.97. The van der Waals surface area contributed by atoms with Crippen LogP contribution in [0.4, 0.5) is 10.1 Å². The zero-order valence-corrected chi connectivity index (χ0v) is 12.1. The fraction of sp³-hybridized carbons (Fsp3) is 0.0625. The standard InChI is InChI=1S/C16H11FN4O2/c1-22-13-3-5-14(6-4-13)23-16-7-2-11(8-15(16)17)20-21-12(9-18)10-19/h2-8,20H,1H3. The van der Waals surface area contributed by atoms with Gasteiger partial charge in [0.25, 0.3) is 0 Å². The molecule has 0 spiro atoms. The second-order valence-electron chi connectivity index (χ2n) is 4.22. The molecule has 0 unspecified atom stereocenters. The van der Waals surface area contributed by atoms with E-state index in [-0.39, 0.29) is 17.1 Å². The smallest absolute Gasteiger partial charge is 0.237 e. The van der Waals surface area contributed by atoms with E-state index in [0.717, 1.165) is 6.07 Å².